The number of rotatable bonds is 13. The Kier molecular flexibility index (Phi) is 15.8. The highest BCUT2D eigenvalue weighted by atomic mass is 16.5. The molecule has 1 aromatic heterocycles. The van der Waals surface area contributed by atoms with E-state index in [1.165, 1.54) is 12.1 Å². The summed E-state index contributed by atoms with van der Waals surface area (Å²) in [5, 5.41) is 26.2. The molecule has 0 radical (unpaired) electrons. The number of para-hydroxylation sites is 1. The molecule has 1 saturated heterocycles. The third-order valence-electron chi connectivity index (χ3n) is 13.9. The summed E-state index contributed by atoms with van der Waals surface area (Å²) >= 11 is 0. The lowest BCUT2D eigenvalue weighted by molar-refractivity contribution is -0.140. The van der Waals surface area contributed by atoms with Crippen LogP contribution in [0.5, 0.6) is 5.75 Å². The van der Waals surface area contributed by atoms with Crippen LogP contribution in [0.3, 0.4) is 0 Å². The molecule has 0 spiro atoms. The molecular weight excluding hydrogens is 893 g/mol. The molecule has 2 aliphatic rings. The molecule has 8 atom stereocenters. The lowest BCUT2D eigenvalue weighted by atomic mass is 9.78. The van der Waals surface area contributed by atoms with E-state index in [1.54, 1.807) is 25.3 Å². The smallest absolute Gasteiger partial charge is 0.245 e. The van der Waals surface area contributed by atoms with Crippen LogP contribution >= 0.6 is 0 Å². The van der Waals surface area contributed by atoms with Crippen LogP contribution in [0.4, 0.5) is 0 Å². The number of benzene rings is 5. The zero-order valence-corrected chi connectivity index (χ0v) is 40.7. The average molecular weight is 957 g/mol. The molecule has 5 amide bonds. The topological polar surface area (TPSA) is 191 Å². The van der Waals surface area contributed by atoms with Gasteiger partial charge < -0.3 is 41.4 Å². The van der Waals surface area contributed by atoms with Crippen molar-refractivity contribution in [2.45, 2.75) is 108 Å². The summed E-state index contributed by atoms with van der Waals surface area (Å²) in [5.74, 6) is -3.77. The molecule has 0 unspecified atom stereocenters. The fourth-order valence-corrected chi connectivity index (χ4v) is 10.2. The Morgan fingerprint density at radius 2 is 1.17 bits per heavy atom. The van der Waals surface area contributed by atoms with E-state index < -0.39 is 77.4 Å². The predicted molar refractivity (Wildman–Crippen MR) is 274 cm³/mol. The van der Waals surface area contributed by atoms with E-state index in [0.29, 0.717) is 24.8 Å². The first-order chi connectivity index (χ1) is 34.3. The van der Waals surface area contributed by atoms with Gasteiger partial charge in [-0.25, -0.2) is 0 Å². The van der Waals surface area contributed by atoms with Crippen LogP contribution < -0.4 is 26.6 Å². The Balaban J connectivity index is 1.23. The molecule has 1 aliphatic carbocycles. The van der Waals surface area contributed by atoms with Gasteiger partial charge in [-0.3, -0.25) is 24.0 Å². The second kappa shape index (κ2) is 22.5. The summed E-state index contributed by atoms with van der Waals surface area (Å²) in [5.41, 5.74) is 4.09. The lowest BCUT2D eigenvalue weighted by Crippen LogP contribution is -2.63. The number of carbonyl (C=O) groups excluding carboxylic acids is 5. The molecule has 1 aliphatic heterocycles. The van der Waals surface area contributed by atoms with E-state index in [2.05, 4.69) is 31.6 Å². The minimum atomic E-state index is -1.35. The number of unbranched alkanes of at least 4 members (excludes halogenated alkanes) is 1. The van der Waals surface area contributed by atoms with Crippen LogP contribution in [0.25, 0.3) is 10.9 Å². The van der Waals surface area contributed by atoms with Crippen molar-refractivity contribution in [2.24, 2.45) is 11.8 Å². The van der Waals surface area contributed by atoms with Crippen molar-refractivity contribution < 1.29 is 33.8 Å². The number of hydrogen-bond acceptors (Lipinski definition) is 7. The maximum atomic E-state index is 15.3. The number of fused-ring (bicyclic) bond motifs is 2. The monoisotopic (exact) mass is 956 g/mol. The zero-order chi connectivity index (χ0) is 50.1. The van der Waals surface area contributed by atoms with Gasteiger partial charge in [-0.15, -0.1) is 0 Å². The van der Waals surface area contributed by atoms with Gasteiger partial charge in [0.2, 0.25) is 29.5 Å². The van der Waals surface area contributed by atoms with E-state index in [0.717, 1.165) is 38.7 Å². The Hall–Kier alpha value is -7.51. The summed E-state index contributed by atoms with van der Waals surface area (Å²) in [7, 11) is 0. The van der Waals surface area contributed by atoms with E-state index in [9.17, 15) is 19.5 Å². The summed E-state index contributed by atoms with van der Waals surface area (Å²) in [6.45, 7) is 7.60. The van der Waals surface area contributed by atoms with Gasteiger partial charge in [-0.05, 0) is 78.6 Å². The average Bonchev–Trinajstić information content (AvgIpc) is 3.79. The van der Waals surface area contributed by atoms with E-state index in [1.807, 2.05) is 142 Å². The van der Waals surface area contributed by atoms with Crippen molar-refractivity contribution in [1.82, 2.24) is 31.6 Å². The first-order valence-electron chi connectivity index (χ1n) is 24.7. The Morgan fingerprint density at radius 3 is 1.77 bits per heavy atom. The van der Waals surface area contributed by atoms with E-state index in [-0.39, 0.29) is 30.9 Å². The molecule has 13 nitrogen and oxygen atoms in total. The van der Waals surface area contributed by atoms with Gasteiger partial charge in [0.05, 0.1) is 18.1 Å². The third kappa shape index (κ3) is 11.4. The minimum Gasteiger partial charge on any atom is -0.508 e. The molecule has 0 bridgehead atoms. The largest absolute Gasteiger partial charge is 0.508 e. The van der Waals surface area contributed by atoms with Crippen molar-refractivity contribution >= 4 is 40.4 Å². The fourth-order valence-electron chi connectivity index (χ4n) is 10.2. The maximum absolute atomic E-state index is 15.3. The van der Waals surface area contributed by atoms with Crippen molar-refractivity contribution in [3.63, 3.8) is 0 Å². The second-order valence-corrected chi connectivity index (χ2v) is 19.1. The standard InChI is InChI=1S/C58H64N6O7/c1-5-6-25-48-54(67)64-52(38(4)71-58(41-18-10-7-11-19-41,42-20-12-8-13-21-42)43-22-14-9-15-23-43)57(70)63-51-37(3)31-36(2)32-46(51)53(66)61-49(33-39-27-29-44(65)30-28-39)55(68)62-50(56(69)60-48)34-40-35-59-47-26-17-16-24-45(40)47/h7-24,26-31,35-36,38,46,48-52,59,65H,5-6,25,32-34H2,1-4H3,(H,60,69)(H,61,66)(H,62,68)(H,63,70)(H,64,67)/t36-,38+,46-,48-,49+,50+,51+,52-/m0/s1. The summed E-state index contributed by atoms with van der Waals surface area (Å²) in [6, 6.07) is 37.5. The Morgan fingerprint density at radius 1 is 0.634 bits per heavy atom. The Labute approximate surface area is 415 Å². The van der Waals surface area contributed by atoms with Gasteiger partial charge in [0.15, 0.2) is 0 Å². The third-order valence-corrected chi connectivity index (χ3v) is 13.9. The van der Waals surface area contributed by atoms with Crippen LogP contribution in [-0.2, 0) is 47.2 Å². The number of nitrogens with one attached hydrogen (secondary N) is 6. The van der Waals surface area contributed by atoms with Gasteiger partial charge in [0, 0.05) is 29.9 Å². The quantitative estimate of drug-likeness (QED) is 0.0467. The van der Waals surface area contributed by atoms with Crippen LogP contribution in [0.1, 0.15) is 81.2 Å². The Bertz CT molecular complexity index is 2740. The molecule has 0 saturated carbocycles. The molecule has 1 fully saturated rings. The summed E-state index contributed by atoms with van der Waals surface area (Å²) < 4.78 is 7.38. The number of phenols is 1. The van der Waals surface area contributed by atoms with Gasteiger partial charge >= 0.3 is 0 Å². The highest BCUT2D eigenvalue weighted by Crippen LogP contribution is 2.42. The molecule has 368 valence electrons. The highest BCUT2D eigenvalue weighted by molar-refractivity contribution is 5.97. The minimum absolute atomic E-state index is 0.0256. The van der Waals surface area contributed by atoms with Crippen molar-refractivity contribution in [3.05, 3.63) is 185 Å². The number of carbonyl (C=O) groups is 5. The number of phenolic OH excluding ortho intramolecular Hbond substituents is 1. The molecule has 2 heterocycles. The van der Waals surface area contributed by atoms with Gasteiger partial charge in [0.25, 0.3) is 0 Å². The molecule has 6 aromatic rings. The number of aromatic hydroxyl groups is 1. The highest BCUT2D eigenvalue weighted by Gasteiger charge is 2.45. The van der Waals surface area contributed by atoms with Crippen molar-refractivity contribution in [2.75, 3.05) is 0 Å². The van der Waals surface area contributed by atoms with Crippen LogP contribution in [0.15, 0.2) is 157 Å². The molecule has 5 aromatic carbocycles. The zero-order valence-electron chi connectivity index (χ0n) is 40.7. The number of allylic oxidation sites excluding steroid dienone is 1. The molecule has 13 heteroatoms. The van der Waals surface area contributed by atoms with Gasteiger partial charge in [-0.1, -0.05) is 160 Å². The number of hydrogen-bond donors (Lipinski definition) is 7. The molecule has 71 heavy (non-hydrogen) atoms. The normalized spacial score (nSPS) is 23.0. The fraction of sp³-hybridized carbons (Fsp3) is 0.328. The van der Waals surface area contributed by atoms with E-state index >= 15 is 9.59 Å². The summed E-state index contributed by atoms with van der Waals surface area (Å²) in [4.78, 5) is 78.1. The van der Waals surface area contributed by atoms with Crippen molar-refractivity contribution in [1.29, 1.82) is 0 Å². The lowest BCUT2D eigenvalue weighted by Gasteiger charge is -2.41. The maximum Gasteiger partial charge on any atom is 0.245 e. The SMILES string of the molecule is CCCC[C@@H]1NC(=O)[C@@H](Cc2c[nH]c3ccccc23)NC(=O)[C@@H](Cc2ccc(O)cc2)NC(=O)[C@H]2C[C@@H](C)C=C(C)[C@H]2NC(=O)[C@H]([C@@H](C)OC(c2ccccc2)(c2ccccc2)c2ccccc2)NC1=O. The van der Waals surface area contributed by atoms with Crippen molar-refractivity contribution in [3.8, 4) is 5.75 Å². The molecular formula is C58H64N6O7. The molecule has 7 N–H and O–H groups in total. The van der Waals surface area contributed by atoms with Crippen LogP contribution in [0, 0.1) is 11.8 Å². The van der Waals surface area contributed by atoms with Gasteiger partial charge in [0.1, 0.15) is 35.5 Å². The number of H-pyrrole nitrogens is 1. The molecule has 8 rings (SSSR count). The van der Waals surface area contributed by atoms with Crippen LogP contribution in [0.2, 0.25) is 0 Å². The van der Waals surface area contributed by atoms with E-state index in [4.69, 9.17) is 4.74 Å². The number of ether oxygens (including phenoxy) is 1. The first kappa shape index (κ1) is 49.9. The number of aromatic amines is 1. The second-order valence-electron chi connectivity index (χ2n) is 19.1. The summed E-state index contributed by atoms with van der Waals surface area (Å²) in [6.07, 6.45) is 4.70. The van der Waals surface area contributed by atoms with Crippen LogP contribution in [-0.4, -0.2) is 75.9 Å². The predicted octanol–water partition coefficient (Wildman–Crippen LogP) is 7.29. The first-order valence-corrected chi connectivity index (χ1v) is 24.7. The number of aromatic nitrogens is 1. The number of amides is 5. The van der Waals surface area contributed by atoms with Gasteiger partial charge in [-0.2, -0.15) is 0 Å².